The molecule has 0 aliphatic heterocycles. The number of ether oxygens (including phenoxy) is 3. The van der Waals surface area contributed by atoms with Gasteiger partial charge in [0.05, 0.1) is 11.8 Å². The van der Waals surface area contributed by atoms with E-state index in [1.54, 1.807) is 0 Å². The van der Waals surface area contributed by atoms with Crippen molar-refractivity contribution < 1.29 is 28.6 Å². The van der Waals surface area contributed by atoms with Crippen LogP contribution in [0.3, 0.4) is 0 Å². The Labute approximate surface area is 267 Å². The summed E-state index contributed by atoms with van der Waals surface area (Å²) in [4.78, 5) is 39.5. The molecular weight excluding hydrogens is 554 g/mol. The molecule has 0 amide bonds. The first-order chi connectivity index (χ1) is 21.4. The van der Waals surface area contributed by atoms with Gasteiger partial charge in [0.15, 0.2) is 0 Å². The molecule has 0 spiro atoms. The van der Waals surface area contributed by atoms with Gasteiger partial charge in [0, 0.05) is 12.8 Å². The van der Waals surface area contributed by atoms with Crippen LogP contribution in [0.4, 0.5) is 0 Å². The lowest BCUT2D eigenvalue weighted by atomic mass is 10.0. The number of hydrogen-bond donors (Lipinski definition) is 0. The highest BCUT2D eigenvalue weighted by molar-refractivity contribution is 5.77. The fourth-order valence-electron chi connectivity index (χ4n) is 7.27. The third-order valence-electron chi connectivity index (χ3n) is 9.75. The van der Waals surface area contributed by atoms with Crippen molar-refractivity contribution in [3.05, 3.63) is 24.3 Å². The third-order valence-corrected chi connectivity index (χ3v) is 9.75. The molecule has 250 valence electrons. The molecule has 3 saturated carbocycles. The van der Waals surface area contributed by atoms with Crippen molar-refractivity contribution in [1.82, 2.24) is 4.90 Å². The Balaban J connectivity index is 1.25. The number of carbonyl (C=O) groups excluding carboxylic acids is 3. The molecule has 0 aromatic rings. The van der Waals surface area contributed by atoms with Gasteiger partial charge >= 0.3 is 17.9 Å². The van der Waals surface area contributed by atoms with Crippen LogP contribution in [0.25, 0.3) is 0 Å². The Bertz CT molecular complexity index is 898. The summed E-state index contributed by atoms with van der Waals surface area (Å²) in [6, 6.07) is 0. The zero-order valence-corrected chi connectivity index (χ0v) is 28.0. The number of nitrogens with zero attached hydrogens (tertiary/aromatic N) is 1. The van der Waals surface area contributed by atoms with Gasteiger partial charge in [0.25, 0.3) is 0 Å². The monoisotopic (exact) mass is 615 g/mol. The van der Waals surface area contributed by atoms with Crippen LogP contribution in [0.5, 0.6) is 0 Å². The van der Waals surface area contributed by atoms with Crippen LogP contribution in [0.1, 0.15) is 116 Å². The normalized spacial score (nSPS) is 24.2. The van der Waals surface area contributed by atoms with E-state index in [-0.39, 0.29) is 49.6 Å². The quantitative estimate of drug-likeness (QED) is 0.0451. The molecule has 6 atom stereocenters. The average Bonchev–Trinajstić information content (AvgIpc) is 3.44. The minimum atomic E-state index is -0.347. The summed E-state index contributed by atoms with van der Waals surface area (Å²) in [5.74, 6) is 1.54. The number of allylic oxidation sites excluding steroid dienone is 4. The van der Waals surface area contributed by atoms with Gasteiger partial charge in [-0.2, -0.15) is 0 Å². The molecule has 3 aliphatic carbocycles. The van der Waals surface area contributed by atoms with E-state index >= 15 is 0 Å². The Morgan fingerprint density at radius 1 is 0.705 bits per heavy atom. The molecule has 0 saturated heterocycles. The predicted molar refractivity (Wildman–Crippen MR) is 175 cm³/mol. The fourth-order valence-corrected chi connectivity index (χ4v) is 7.27. The second kappa shape index (κ2) is 20.8. The van der Waals surface area contributed by atoms with Gasteiger partial charge < -0.3 is 19.1 Å². The summed E-state index contributed by atoms with van der Waals surface area (Å²) >= 11 is 0. The summed E-state index contributed by atoms with van der Waals surface area (Å²) in [6.45, 7) is 3.35. The first kappa shape index (κ1) is 36.3. The maximum atomic E-state index is 12.8. The molecule has 3 aliphatic rings. The van der Waals surface area contributed by atoms with Crippen LogP contribution in [0, 0.1) is 35.5 Å². The second-order valence-corrected chi connectivity index (χ2v) is 13.8. The Morgan fingerprint density at radius 2 is 1.25 bits per heavy atom. The zero-order valence-electron chi connectivity index (χ0n) is 28.0. The smallest absolute Gasteiger partial charge is 0.309 e. The minimum absolute atomic E-state index is 0.0521. The number of fused-ring (bicyclic) bond motifs is 5. The van der Waals surface area contributed by atoms with Crippen LogP contribution in [-0.2, 0) is 28.6 Å². The van der Waals surface area contributed by atoms with E-state index in [1.165, 1.54) is 57.8 Å². The van der Waals surface area contributed by atoms with Crippen molar-refractivity contribution in [2.75, 3.05) is 40.5 Å². The van der Waals surface area contributed by atoms with Crippen molar-refractivity contribution >= 4 is 17.9 Å². The molecule has 0 aromatic carbocycles. The lowest BCUT2D eigenvalue weighted by molar-refractivity contribution is -0.154. The van der Waals surface area contributed by atoms with Crippen LogP contribution in [0.2, 0.25) is 0 Å². The van der Waals surface area contributed by atoms with Crippen molar-refractivity contribution in [2.45, 2.75) is 116 Å². The molecule has 3 fully saturated rings. The van der Waals surface area contributed by atoms with Crippen LogP contribution < -0.4 is 0 Å². The number of hydrogen-bond acceptors (Lipinski definition) is 7. The molecule has 0 aromatic heterocycles. The van der Waals surface area contributed by atoms with Gasteiger partial charge in [-0.05, 0) is 109 Å². The van der Waals surface area contributed by atoms with E-state index in [1.807, 2.05) is 19.0 Å². The Kier molecular flexibility index (Phi) is 17.2. The summed E-state index contributed by atoms with van der Waals surface area (Å²) in [7, 11) is 3.94. The van der Waals surface area contributed by atoms with Crippen molar-refractivity contribution in [3.8, 4) is 0 Å². The van der Waals surface area contributed by atoms with E-state index in [0.29, 0.717) is 36.5 Å². The predicted octanol–water partition coefficient (Wildman–Crippen LogP) is 7.68. The molecule has 7 heteroatoms. The largest absolute Gasteiger partial charge is 0.465 e. The van der Waals surface area contributed by atoms with Crippen LogP contribution in [0.15, 0.2) is 24.3 Å². The van der Waals surface area contributed by atoms with Gasteiger partial charge in [0.2, 0.25) is 0 Å². The number of unbranched alkanes of at least 4 members (excludes halogenated alkanes) is 8. The molecular formula is C37H61NO6. The molecule has 0 N–H and O–H groups in total. The van der Waals surface area contributed by atoms with Gasteiger partial charge in [-0.15, -0.1) is 0 Å². The Morgan fingerprint density at radius 3 is 1.86 bits per heavy atom. The third kappa shape index (κ3) is 13.5. The van der Waals surface area contributed by atoms with E-state index in [0.717, 1.165) is 45.1 Å². The maximum absolute atomic E-state index is 12.8. The standard InChI is InChI=1S/C37H61NO6/c1-4-5-6-7-8-9-10-11-12-13-14-15-16-17-18-20-32(39)42-26-29(27-43-33(40)21-19-24-38(2)3)28-44-37(41)36-34-30-22-23-31(25-30)35(34)36/h8-9,11-12,29-31,34-36H,4-7,10,13-28H2,1-3H3/b9-8-,12-11-/t29?,30-,31+,34+,35-,36+. The van der Waals surface area contributed by atoms with E-state index < -0.39 is 0 Å². The highest BCUT2D eigenvalue weighted by Gasteiger charge is 2.68. The maximum Gasteiger partial charge on any atom is 0.309 e. The summed E-state index contributed by atoms with van der Waals surface area (Å²) < 4.78 is 16.8. The molecule has 2 bridgehead atoms. The lowest BCUT2D eigenvalue weighted by Crippen LogP contribution is -2.27. The number of rotatable bonds is 25. The Hall–Kier alpha value is -2.15. The molecule has 44 heavy (non-hydrogen) atoms. The highest BCUT2D eigenvalue weighted by atomic mass is 16.6. The van der Waals surface area contributed by atoms with Crippen molar-refractivity contribution in [2.24, 2.45) is 35.5 Å². The minimum Gasteiger partial charge on any atom is -0.465 e. The lowest BCUT2D eigenvalue weighted by Gasteiger charge is -2.18. The van der Waals surface area contributed by atoms with Gasteiger partial charge in [-0.25, -0.2) is 0 Å². The molecule has 0 radical (unpaired) electrons. The molecule has 7 nitrogen and oxygen atoms in total. The van der Waals surface area contributed by atoms with E-state index in [2.05, 4.69) is 31.2 Å². The fraction of sp³-hybridized carbons (Fsp3) is 0.811. The number of esters is 3. The molecule has 0 heterocycles. The van der Waals surface area contributed by atoms with Crippen molar-refractivity contribution in [3.63, 3.8) is 0 Å². The van der Waals surface area contributed by atoms with E-state index in [9.17, 15) is 14.4 Å². The van der Waals surface area contributed by atoms with Gasteiger partial charge in [-0.1, -0.05) is 63.3 Å². The molecule has 1 unspecified atom stereocenters. The first-order valence-corrected chi connectivity index (χ1v) is 17.8. The van der Waals surface area contributed by atoms with Crippen molar-refractivity contribution in [1.29, 1.82) is 0 Å². The summed E-state index contributed by atoms with van der Waals surface area (Å²) in [6.07, 6.45) is 26.9. The highest BCUT2D eigenvalue weighted by Crippen LogP contribution is 2.69. The topological polar surface area (TPSA) is 82.1 Å². The summed E-state index contributed by atoms with van der Waals surface area (Å²) in [5, 5.41) is 0. The summed E-state index contributed by atoms with van der Waals surface area (Å²) in [5.41, 5.74) is 0. The first-order valence-electron chi connectivity index (χ1n) is 17.8. The van der Waals surface area contributed by atoms with Crippen LogP contribution >= 0.6 is 0 Å². The van der Waals surface area contributed by atoms with E-state index in [4.69, 9.17) is 14.2 Å². The van der Waals surface area contributed by atoms with Gasteiger partial charge in [-0.3, -0.25) is 14.4 Å². The zero-order chi connectivity index (χ0) is 31.6. The second-order valence-electron chi connectivity index (χ2n) is 13.8. The van der Waals surface area contributed by atoms with Gasteiger partial charge in [0.1, 0.15) is 19.8 Å². The SMILES string of the molecule is CCCCC/C=C\C/C=C\CCCCCCCC(=O)OCC(COC(=O)CCCN(C)C)COC(=O)[C@H]1[C@H]2[C@@H]3CC[C@@H](C3)[C@@H]12. The average molecular weight is 616 g/mol. The number of carbonyl (C=O) groups is 3. The van der Waals surface area contributed by atoms with Crippen LogP contribution in [-0.4, -0.2) is 63.3 Å². The molecule has 3 rings (SSSR count).